The standard InChI is InChI=1S/C26H28N2O4/c1-2-3-16-31-26(29)21-6-4-20(5-7-21)25-13-12-24(32-25)19-27-22-8-10-23(11-9-22)28-14-17-30-18-15-28/h4-13,19H,2-3,14-18H2,1H3. The molecule has 1 saturated heterocycles. The second-order valence-electron chi connectivity index (χ2n) is 7.64. The molecule has 0 radical (unpaired) electrons. The van der Waals surface area contributed by atoms with Gasteiger partial charge >= 0.3 is 5.97 Å². The van der Waals surface area contributed by atoms with Crippen molar-refractivity contribution >= 4 is 23.6 Å². The summed E-state index contributed by atoms with van der Waals surface area (Å²) in [5, 5.41) is 0. The lowest BCUT2D eigenvalue weighted by Crippen LogP contribution is -2.36. The van der Waals surface area contributed by atoms with Crippen molar-refractivity contribution in [3.05, 3.63) is 72.0 Å². The lowest BCUT2D eigenvalue weighted by atomic mass is 10.1. The Morgan fingerprint density at radius 2 is 1.78 bits per heavy atom. The van der Waals surface area contributed by atoms with Gasteiger partial charge in [0.05, 0.1) is 37.3 Å². The van der Waals surface area contributed by atoms with Crippen LogP contribution in [-0.4, -0.2) is 45.1 Å². The van der Waals surface area contributed by atoms with Gasteiger partial charge in [-0.1, -0.05) is 25.5 Å². The third kappa shape index (κ3) is 5.65. The zero-order chi connectivity index (χ0) is 22.2. The van der Waals surface area contributed by atoms with E-state index in [4.69, 9.17) is 13.9 Å². The van der Waals surface area contributed by atoms with Crippen molar-refractivity contribution in [2.75, 3.05) is 37.8 Å². The molecular formula is C26H28N2O4. The van der Waals surface area contributed by atoms with Gasteiger partial charge in [0.25, 0.3) is 0 Å². The maximum atomic E-state index is 12.0. The van der Waals surface area contributed by atoms with E-state index in [1.54, 1.807) is 18.3 Å². The van der Waals surface area contributed by atoms with Gasteiger partial charge in [0.2, 0.25) is 0 Å². The number of hydrogen-bond acceptors (Lipinski definition) is 6. The SMILES string of the molecule is CCCCOC(=O)c1ccc(-c2ccc(C=Nc3ccc(N4CCOCC4)cc3)o2)cc1. The minimum atomic E-state index is -0.295. The number of furan rings is 1. The van der Waals surface area contributed by atoms with Crippen molar-refractivity contribution < 1.29 is 18.7 Å². The molecule has 0 bridgehead atoms. The Bertz CT molecular complexity index is 1030. The van der Waals surface area contributed by atoms with Crippen LogP contribution >= 0.6 is 0 Å². The Labute approximate surface area is 188 Å². The number of benzene rings is 2. The van der Waals surface area contributed by atoms with Crippen LogP contribution in [0.5, 0.6) is 0 Å². The third-order valence-corrected chi connectivity index (χ3v) is 5.33. The third-order valence-electron chi connectivity index (χ3n) is 5.33. The Morgan fingerprint density at radius 3 is 2.50 bits per heavy atom. The van der Waals surface area contributed by atoms with Crippen LogP contribution in [0.25, 0.3) is 11.3 Å². The van der Waals surface area contributed by atoms with E-state index in [0.717, 1.165) is 56.2 Å². The summed E-state index contributed by atoms with van der Waals surface area (Å²) < 4.78 is 16.6. The van der Waals surface area contributed by atoms with Gasteiger partial charge in [-0.3, -0.25) is 4.99 Å². The van der Waals surface area contributed by atoms with Crippen LogP contribution < -0.4 is 4.90 Å². The number of hydrogen-bond donors (Lipinski definition) is 0. The summed E-state index contributed by atoms with van der Waals surface area (Å²) >= 11 is 0. The molecule has 4 rings (SSSR count). The zero-order valence-corrected chi connectivity index (χ0v) is 18.3. The summed E-state index contributed by atoms with van der Waals surface area (Å²) in [7, 11) is 0. The van der Waals surface area contributed by atoms with Crippen LogP contribution in [0.15, 0.2) is 70.1 Å². The molecule has 0 spiro atoms. The average molecular weight is 433 g/mol. The predicted octanol–water partition coefficient (Wildman–Crippen LogP) is 5.49. The summed E-state index contributed by atoms with van der Waals surface area (Å²) in [5.74, 6) is 1.09. The van der Waals surface area contributed by atoms with E-state index < -0.39 is 0 Å². The number of aliphatic imine (C=N–C) groups is 1. The molecule has 1 fully saturated rings. The summed E-state index contributed by atoms with van der Waals surface area (Å²) in [6, 6.07) is 19.2. The van der Waals surface area contributed by atoms with Gasteiger partial charge in [-0.05, 0) is 55.0 Å². The van der Waals surface area contributed by atoms with Gasteiger partial charge in [-0.15, -0.1) is 0 Å². The maximum Gasteiger partial charge on any atom is 0.338 e. The molecule has 0 atom stereocenters. The number of anilines is 1. The second-order valence-corrected chi connectivity index (χ2v) is 7.64. The summed E-state index contributed by atoms with van der Waals surface area (Å²) in [6.07, 6.45) is 3.58. The highest BCUT2D eigenvalue weighted by molar-refractivity contribution is 5.90. The lowest BCUT2D eigenvalue weighted by molar-refractivity contribution is 0.0499. The Morgan fingerprint density at radius 1 is 1.03 bits per heavy atom. The van der Waals surface area contributed by atoms with Gasteiger partial charge in [0.1, 0.15) is 11.5 Å². The molecule has 1 aliphatic rings. The first-order valence-corrected chi connectivity index (χ1v) is 11.1. The first-order valence-electron chi connectivity index (χ1n) is 11.1. The van der Waals surface area contributed by atoms with Crippen molar-refractivity contribution in [2.24, 2.45) is 4.99 Å². The predicted molar refractivity (Wildman–Crippen MR) is 126 cm³/mol. The molecule has 2 aromatic carbocycles. The minimum Gasteiger partial charge on any atom is -0.462 e. The van der Waals surface area contributed by atoms with Gasteiger partial charge in [-0.2, -0.15) is 0 Å². The van der Waals surface area contributed by atoms with Crippen molar-refractivity contribution in [3.63, 3.8) is 0 Å². The summed E-state index contributed by atoms with van der Waals surface area (Å²) in [6.45, 7) is 5.89. The van der Waals surface area contributed by atoms with Crippen LogP contribution in [0.3, 0.4) is 0 Å². The zero-order valence-electron chi connectivity index (χ0n) is 18.3. The van der Waals surface area contributed by atoms with Crippen LogP contribution in [0.2, 0.25) is 0 Å². The first kappa shape index (κ1) is 21.8. The lowest BCUT2D eigenvalue weighted by Gasteiger charge is -2.28. The van der Waals surface area contributed by atoms with Gasteiger partial charge < -0.3 is 18.8 Å². The molecule has 1 aliphatic heterocycles. The number of morpholine rings is 1. The topological polar surface area (TPSA) is 64.3 Å². The fraction of sp³-hybridized carbons (Fsp3) is 0.308. The average Bonchev–Trinajstić information content (AvgIpc) is 3.33. The highest BCUT2D eigenvalue weighted by atomic mass is 16.5. The Hall–Kier alpha value is -3.38. The number of rotatable bonds is 8. The van der Waals surface area contributed by atoms with Crippen LogP contribution in [0, 0.1) is 0 Å². The molecule has 3 aromatic rings. The molecule has 6 heteroatoms. The van der Waals surface area contributed by atoms with E-state index in [1.807, 2.05) is 36.4 Å². The molecule has 0 N–H and O–H groups in total. The number of esters is 1. The van der Waals surface area contributed by atoms with Crippen molar-refractivity contribution in [3.8, 4) is 11.3 Å². The maximum absolute atomic E-state index is 12.0. The van der Waals surface area contributed by atoms with Crippen LogP contribution in [-0.2, 0) is 9.47 Å². The quantitative estimate of drug-likeness (QED) is 0.267. The highest BCUT2D eigenvalue weighted by Crippen LogP contribution is 2.24. The van der Waals surface area contributed by atoms with Gasteiger partial charge in [0, 0.05) is 24.3 Å². The number of carbonyl (C=O) groups is 1. The largest absolute Gasteiger partial charge is 0.462 e. The fourth-order valence-corrected chi connectivity index (χ4v) is 3.45. The normalized spacial score (nSPS) is 14.1. The Balaban J connectivity index is 1.36. The molecule has 32 heavy (non-hydrogen) atoms. The molecular weight excluding hydrogens is 404 g/mol. The van der Waals surface area contributed by atoms with Gasteiger partial charge in [0.15, 0.2) is 0 Å². The molecule has 0 aliphatic carbocycles. The summed E-state index contributed by atoms with van der Waals surface area (Å²) in [4.78, 5) is 18.9. The van der Waals surface area contributed by atoms with E-state index in [9.17, 15) is 4.79 Å². The van der Waals surface area contributed by atoms with E-state index in [-0.39, 0.29) is 5.97 Å². The molecule has 166 valence electrons. The molecule has 6 nitrogen and oxygen atoms in total. The molecule has 1 aromatic heterocycles. The fourth-order valence-electron chi connectivity index (χ4n) is 3.45. The van der Waals surface area contributed by atoms with E-state index in [0.29, 0.717) is 17.9 Å². The highest BCUT2D eigenvalue weighted by Gasteiger charge is 2.11. The molecule has 0 unspecified atom stereocenters. The van der Waals surface area contributed by atoms with Crippen molar-refractivity contribution in [1.29, 1.82) is 0 Å². The van der Waals surface area contributed by atoms with E-state index >= 15 is 0 Å². The van der Waals surface area contributed by atoms with Crippen molar-refractivity contribution in [2.45, 2.75) is 19.8 Å². The van der Waals surface area contributed by atoms with E-state index in [2.05, 4.69) is 28.9 Å². The molecule has 0 saturated carbocycles. The van der Waals surface area contributed by atoms with Crippen LogP contribution in [0.1, 0.15) is 35.9 Å². The first-order chi connectivity index (χ1) is 15.7. The smallest absolute Gasteiger partial charge is 0.338 e. The van der Waals surface area contributed by atoms with Crippen molar-refractivity contribution in [1.82, 2.24) is 0 Å². The number of carbonyl (C=O) groups excluding carboxylic acids is 1. The van der Waals surface area contributed by atoms with E-state index in [1.165, 1.54) is 5.69 Å². The second kappa shape index (κ2) is 10.8. The number of nitrogens with zero attached hydrogens (tertiary/aromatic N) is 2. The minimum absolute atomic E-state index is 0.295. The molecule has 2 heterocycles. The molecule has 0 amide bonds. The van der Waals surface area contributed by atoms with Crippen LogP contribution in [0.4, 0.5) is 11.4 Å². The number of unbranched alkanes of at least 4 members (excludes halogenated alkanes) is 1. The van der Waals surface area contributed by atoms with Gasteiger partial charge in [-0.25, -0.2) is 4.79 Å². The monoisotopic (exact) mass is 432 g/mol. The summed E-state index contributed by atoms with van der Waals surface area (Å²) in [5.41, 5.74) is 3.49. The number of ether oxygens (including phenoxy) is 2. The Kier molecular flexibility index (Phi) is 7.35.